The van der Waals surface area contributed by atoms with Gasteiger partial charge in [0.1, 0.15) is 5.75 Å². The Hall–Kier alpha value is -2.73. The van der Waals surface area contributed by atoms with Gasteiger partial charge in [-0.05, 0) is 84.1 Å². The number of halogens is 2. The maximum atomic E-state index is 13.2. The zero-order chi connectivity index (χ0) is 20.4. The molecule has 1 aliphatic rings. The molecule has 0 saturated carbocycles. The summed E-state index contributed by atoms with van der Waals surface area (Å²) < 4.78 is 0. The maximum absolute atomic E-state index is 13.2. The number of anilines is 1. The Kier molecular flexibility index (Phi) is 5.62. The minimum atomic E-state index is -0.182. The van der Waals surface area contributed by atoms with Gasteiger partial charge in [0.2, 0.25) is 0 Å². The van der Waals surface area contributed by atoms with Crippen molar-refractivity contribution in [2.24, 2.45) is 4.99 Å². The van der Waals surface area contributed by atoms with Crippen LogP contribution in [-0.4, -0.2) is 16.2 Å². The average Bonchev–Trinajstić information content (AvgIpc) is 3.01. The van der Waals surface area contributed by atoms with Crippen molar-refractivity contribution in [3.8, 4) is 5.75 Å². The normalized spacial score (nSPS) is 16.8. The fourth-order valence-corrected chi connectivity index (χ4v) is 3.97. The van der Waals surface area contributed by atoms with E-state index in [2.05, 4.69) is 4.99 Å². The van der Waals surface area contributed by atoms with Crippen LogP contribution in [0.3, 0.4) is 0 Å². The van der Waals surface area contributed by atoms with Crippen LogP contribution in [0.2, 0.25) is 10.0 Å². The Balaban J connectivity index is 1.76. The second-order valence-electron chi connectivity index (χ2n) is 6.19. The molecule has 1 amide bonds. The minimum Gasteiger partial charge on any atom is -0.508 e. The second kappa shape index (κ2) is 8.33. The smallest absolute Gasteiger partial charge is 0.271 e. The molecule has 1 N–H and O–H groups in total. The second-order valence-corrected chi connectivity index (χ2v) is 8.07. The zero-order valence-electron chi connectivity index (χ0n) is 14.9. The van der Waals surface area contributed by atoms with E-state index in [4.69, 9.17) is 23.2 Å². The number of thioether (sulfide) groups is 1. The van der Waals surface area contributed by atoms with E-state index in [1.54, 1.807) is 83.8 Å². The van der Waals surface area contributed by atoms with Gasteiger partial charge < -0.3 is 5.11 Å². The first-order chi connectivity index (χ1) is 14.0. The van der Waals surface area contributed by atoms with Crippen molar-refractivity contribution in [2.45, 2.75) is 0 Å². The number of rotatable bonds is 3. The fourth-order valence-electron chi connectivity index (χ4n) is 2.71. The molecular weight excluding hydrogens is 427 g/mol. The van der Waals surface area contributed by atoms with Gasteiger partial charge in [0.25, 0.3) is 5.91 Å². The molecule has 0 unspecified atom stereocenters. The summed E-state index contributed by atoms with van der Waals surface area (Å²) in [6.07, 6.45) is 1.78. The fraction of sp³-hybridized carbons (Fsp3) is 0. The van der Waals surface area contributed by atoms with Crippen molar-refractivity contribution in [1.82, 2.24) is 0 Å². The summed E-state index contributed by atoms with van der Waals surface area (Å²) in [4.78, 5) is 19.9. The largest absolute Gasteiger partial charge is 0.508 e. The lowest BCUT2D eigenvalue weighted by atomic mass is 10.2. The van der Waals surface area contributed by atoms with E-state index >= 15 is 0 Å². The van der Waals surface area contributed by atoms with Gasteiger partial charge >= 0.3 is 0 Å². The quantitative estimate of drug-likeness (QED) is 0.472. The Bertz CT molecular complexity index is 1110. The summed E-state index contributed by atoms with van der Waals surface area (Å²) in [6.45, 7) is 0. The van der Waals surface area contributed by atoms with E-state index in [1.807, 2.05) is 0 Å². The SMILES string of the molecule is O=C1/C(=C/c2ccc(O)cc2)SC(=Nc2ccc(Cl)cc2)N1c1ccc(Cl)cc1. The van der Waals surface area contributed by atoms with Crippen molar-refractivity contribution < 1.29 is 9.90 Å². The number of aromatic hydroxyl groups is 1. The number of hydrogen-bond donors (Lipinski definition) is 1. The number of carbonyl (C=O) groups is 1. The summed E-state index contributed by atoms with van der Waals surface area (Å²) in [5.41, 5.74) is 2.17. The highest BCUT2D eigenvalue weighted by molar-refractivity contribution is 8.19. The first-order valence-corrected chi connectivity index (χ1v) is 10.2. The molecule has 0 aromatic heterocycles. The predicted octanol–water partition coefficient (Wildman–Crippen LogP) is 6.51. The molecule has 144 valence electrons. The lowest BCUT2D eigenvalue weighted by molar-refractivity contribution is -0.113. The Morgan fingerprint density at radius 2 is 1.45 bits per heavy atom. The van der Waals surface area contributed by atoms with Crippen LogP contribution >= 0.6 is 35.0 Å². The van der Waals surface area contributed by atoms with E-state index in [1.165, 1.54) is 11.8 Å². The third kappa shape index (κ3) is 4.48. The summed E-state index contributed by atoms with van der Waals surface area (Å²) in [6, 6.07) is 20.8. The molecule has 7 heteroatoms. The van der Waals surface area contributed by atoms with Crippen molar-refractivity contribution in [3.63, 3.8) is 0 Å². The van der Waals surface area contributed by atoms with Gasteiger partial charge in [-0.15, -0.1) is 0 Å². The van der Waals surface area contributed by atoms with E-state index < -0.39 is 0 Å². The van der Waals surface area contributed by atoms with Gasteiger partial charge in [-0.1, -0.05) is 35.3 Å². The molecule has 0 radical (unpaired) electrons. The van der Waals surface area contributed by atoms with Crippen LogP contribution in [0.1, 0.15) is 5.56 Å². The number of amides is 1. The van der Waals surface area contributed by atoms with Crippen molar-refractivity contribution in [2.75, 3.05) is 4.90 Å². The van der Waals surface area contributed by atoms with Crippen molar-refractivity contribution >= 4 is 63.5 Å². The van der Waals surface area contributed by atoms with E-state index in [-0.39, 0.29) is 11.7 Å². The molecule has 0 atom stereocenters. The maximum Gasteiger partial charge on any atom is 0.271 e. The third-order valence-corrected chi connectivity index (χ3v) is 5.61. The first-order valence-electron chi connectivity index (χ1n) is 8.62. The number of nitrogens with zero attached hydrogens (tertiary/aromatic N) is 2. The number of carbonyl (C=O) groups excluding carboxylic acids is 1. The zero-order valence-corrected chi connectivity index (χ0v) is 17.2. The number of phenols is 1. The highest BCUT2D eigenvalue weighted by atomic mass is 35.5. The minimum absolute atomic E-state index is 0.172. The van der Waals surface area contributed by atoms with Crippen LogP contribution in [0.15, 0.2) is 82.7 Å². The number of phenolic OH excluding ortho intramolecular Hbond substituents is 1. The van der Waals surface area contributed by atoms with Crippen molar-refractivity contribution in [3.05, 3.63) is 93.3 Å². The Morgan fingerprint density at radius 1 is 0.862 bits per heavy atom. The summed E-state index contributed by atoms with van der Waals surface area (Å²) in [5.74, 6) is -0.0107. The molecule has 0 aliphatic carbocycles. The Labute approximate surface area is 182 Å². The van der Waals surface area contributed by atoms with Gasteiger partial charge in [-0.25, -0.2) is 4.99 Å². The van der Waals surface area contributed by atoms with Crippen LogP contribution in [0.25, 0.3) is 6.08 Å². The van der Waals surface area contributed by atoms with E-state index in [0.717, 1.165) is 5.56 Å². The lowest BCUT2D eigenvalue weighted by Crippen LogP contribution is -2.28. The van der Waals surface area contributed by atoms with Gasteiger partial charge in [0.15, 0.2) is 5.17 Å². The lowest BCUT2D eigenvalue weighted by Gasteiger charge is -2.15. The summed E-state index contributed by atoms with van der Waals surface area (Å²) >= 11 is 13.2. The number of benzene rings is 3. The Morgan fingerprint density at radius 3 is 2.07 bits per heavy atom. The van der Waals surface area contributed by atoms with Crippen molar-refractivity contribution in [1.29, 1.82) is 0 Å². The molecule has 29 heavy (non-hydrogen) atoms. The van der Waals surface area contributed by atoms with Crippen LogP contribution in [0.5, 0.6) is 5.75 Å². The highest BCUT2D eigenvalue weighted by Crippen LogP contribution is 2.37. The third-order valence-electron chi connectivity index (χ3n) is 4.13. The standard InChI is InChI=1S/C22H14Cl2N2O2S/c23-15-3-7-17(8-4-15)25-22-26(18-9-5-16(24)6-10-18)21(28)20(29-22)13-14-1-11-19(27)12-2-14/h1-13,27H/b20-13-,25-22?. The van der Waals surface area contributed by atoms with Gasteiger partial charge in [-0.2, -0.15) is 0 Å². The topological polar surface area (TPSA) is 52.9 Å². The molecule has 1 saturated heterocycles. The number of aliphatic imine (C=N–C) groups is 1. The molecule has 1 fully saturated rings. The van der Waals surface area contributed by atoms with E-state index in [0.29, 0.717) is 31.5 Å². The van der Waals surface area contributed by atoms with Crippen LogP contribution in [-0.2, 0) is 4.79 Å². The monoisotopic (exact) mass is 440 g/mol. The molecule has 4 rings (SSSR count). The van der Waals surface area contributed by atoms with Crippen LogP contribution < -0.4 is 4.90 Å². The first kappa shape index (κ1) is 19.6. The van der Waals surface area contributed by atoms with E-state index in [9.17, 15) is 9.90 Å². The molecule has 3 aromatic carbocycles. The number of amidine groups is 1. The molecule has 1 aliphatic heterocycles. The summed E-state index contributed by atoms with van der Waals surface area (Å²) in [7, 11) is 0. The van der Waals surface area contributed by atoms with Crippen LogP contribution in [0.4, 0.5) is 11.4 Å². The number of hydrogen-bond acceptors (Lipinski definition) is 4. The highest BCUT2D eigenvalue weighted by Gasteiger charge is 2.34. The molecule has 1 heterocycles. The molecule has 4 nitrogen and oxygen atoms in total. The van der Waals surface area contributed by atoms with Crippen LogP contribution in [0, 0.1) is 0 Å². The molecule has 3 aromatic rings. The molecular formula is C22H14Cl2N2O2S. The van der Waals surface area contributed by atoms with Gasteiger partial charge in [0, 0.05) is 10.0 Å². The molecule has 0 bridgehead atoms. The average molecular weight is 441 g/mol. The van der Waals surface area contributed by atoms with Gasteiger partial charge in [-0.3, -0.25) is 9.69 Å². The predicted molar refractivity (Wildman–Crippen MR) is 121 cm³/mol. The molecule has 0 spiro atoms. The summed E-state index contributed by atoms with van der Waals surface area (Å²) in [5, 5.41) is 11.2. The van der Waals surface area contributed by atoms with Gasteiger partial charge in [0.05, 0.1) is 16.3 Å².